The highest BCUT2D eigenvalue weighted by atomic mass is 32.2. The van der Waals surface area contributed by atoms with Gasteiger partial charge in [0.2, 0.25) is 10.0 Å². The van der Waals surface area contributed by atoms with Gasteiger partial charge < -0.3 is 5.73 Å². The number of halogens is 2. The van der Waals surface area contributed by atoms with Crippen LogP contribution in [0.4, 0.5) is 14.5 Å². The van der Waals surface area contributed by atoms with Crippen LogP contribution in [0, 0.1) is 11.6 Å². The van der Waals surface area contributed by atoms with Crippen molar-refractivity contribution in [2.24, 2.45) is 0 Å². The molecule has 0 saturated heterocycles. The van der Waals surface area contributed by atoms with E-state index in [1.807, 2.05) is 4.72 Å². The van der Waals surface area contributed by atoms with Crippen molar-refractivity contribution in [3.63, 3.8) is 0 Å². The zero-order valence-corrected chi connectivity index (χ0v) is 12.2. The summed E-state index contributed by atoms with van der Waals surface area (Å²) in [4.78, 5) is -1.13. The van der Waals surface area contributed by atoms with Gasteiger partial charge in [-0.05, 0) is 18.6 Å². The van der Waals surface area contributed by atoms with E-state index in [4.69, 9.17) is 5.73 Å². The van der Waals surface area contributed by atoms with E-state index in [0.29, 0.717) is 12.1 Å². The fourth-order valence-corrected chi connectivity index (χ4v) is 3.31. The van der Waals surface area contributed by atoms with Gasteiger partial charge in [0.15, 0.2) is 4.90 Å². The summed E-state index contributed by atoms with van der Waals surface area (Å²) in [5, 5.41) is 0. The molecule has 0 aromatic heterocycles. The zero-order chi connectivity index (χ0) is 15.6. The summed E-state index contributed by atoms with van der Waals surface area (Å²) in [6.07, 6.45) is 0.997. The lowest BCUT2D eigenvalue weighted by atomic mass is 10.3. The summed E-state index contributed by atoms with van der Waals surface area (Å²) < 4.78 is 74.1. The maximum Gasteiger partial charge on any atom is 0.246 e. The number of rotatable bonds is 6. The Hall–Kier alpha value is -1.26. The Balaban J connectivity index is 2.85. The molecule has 0 saturated carbocycles. The van der Waals surface area contributed by atoms with Crippen LogP contribution < -0.4 is 10.5 Å². The van der Waals surface area contributed by atoms with Crippen LogP contribution >= 0.6 is 0 Å². The van der Waals surface area contributed by atoms with E-state index in [-0.39, 0.29) is 24.4 Å². The minimum Gasteiger partial charge on any atom is -0.399 e. The van der Waals surface area contributed by atoms with Crippen molar-refractivity contribution < 1.29 is 25.6 Å². The molecule has 0 heterocycles. The fourth-order valence-electron chi connectivity index (χ4n) is 1.45. The summed E-state index contributed by atoms with van der Waals surface area (Å²) in [5.74, 6) is -2.85. The predicted octanol–water partition coefficient (Wildman–Crippen LogP) is 0.260. The maximum absolute atomic E-state index is 13.5. The number of sulfone groups is 1. The highest BCUT2D eigenvalue weighted by Crippen LogP contribution is 2.21. The molecule has 0 unspecified atom stereocenters. The topological polar surface area (TPSA) is 106 Å². The number of benzene rings is 1. The van der Waals surface area contributed by atoms with E-state index in [2.05, 4.69) is 0 Å². The van der Waals surface area contributed by atoms with Gasteiger partial charge in [0, 0.05) is 18.5 Å². The van der Waals surface area contributed by atoms with E-state index >= 15 is 0 Å². The smallest absolute Gasteiger partial charge is 0.246 e. The quantitative estimate of drug-likeness (QED) is 0.575. The van der Waals surface area contributed by atoms with Crippen LogP contribution in [-0.4, -0.2) is 35.4 Å². The standard InChI is InChI=1S/C10H14F2N2O4S2/c1-19(15,16)4-2-3-14-20(17,18)10-8(11)5-7(13)6-9(10)12/h5-6,14H,2-4,13H2,1H3. The second-order valence-electron chi connectivity index (χ2n) is 4.19. The molecular weight excluding hydrogens is 314 g/mol. The van der Waals surface area contributed by atoms with Gasteiger partial charge >= 0.3 is 0 Å². The number of hydrogen-bond acceptors (Lipinski definition) is 5. The van der Waals surface area contributed by atoms with Crippen LogP contribution in [0.15, 0.2) is 17.0 Å². The SMILES string of the molecule is CS(=O)(=O)CCCNS(=O)(=O)c1c(F)cc(N)cc1F. The average Bonchev–Trinajstić information content (AvgIpc) is 2.21. The predicted molar refractivity (Wildman–Crippen MR) is 70.3 cm³/mol. The van der Waals surface area contributed by atoms with E-state index in [1.54, 1.807) is 0 Å². The second kappa shape index (κ2) is 6.02. The summed E-state index contributed by atoms with van der Waals surface area (Å²) in [5.41, 5.74) is 4.94. The molecule has 10 heteroatoms. The molecule has 1 aromatic carbocycles. The van der Waals surface area contributed by atoms with Crippen molar-refractivity contribution in [2.75, 3.05) is 24.3 Å². The molecule has 0 aliphatic rings. The first-order valence-electron chi connectivity index (χ1n) is 5.45. The molecule has 0 spiro atoms. The minimum absolute atomic E-state index is 0.00370. The highest BCUT2D eigenvalue weighted by molar-refractivity contribution is 7.90. The number of anilines is 1. The Labute approximate surface area is 115 Å². The molecule has 0 aliphatic heterocycles. The van der Waals surface area contributed by atoms with E-state index in [1.165, 1.54) is 0 Å². The number of sulfonamides is 1. The molecule has 0 radical (unpaired) electrons. The second-order valence-corrected chi connectivity index (χ2v) is 8.16. The van der Waals surface area contributed by atoms with Gasteiger partial charge in [-0.2, -0.15) is 0 Å². The zero-order valence-electron chi connectivity index (χ0n) is 10.6. The average molecular weight is 328 g/mol. The third kappa shape index (κ3) is 4.69. The molecule has 20 heavy (non-hydrogen) atoms. The molecule has 1 aromatic rings. The van der Waals surface area contributed by atoms with Crippen molar-refractivity contribution in [3.8, 4) is 0 Å². The van der Waals surface area contributed by atoms with Gasteiger partial charge in [0.05, 0.1) is 5.75 Å². The maximum atomic E-state index is 13.5. The molecule has 0 amide bonds. The monoisotopic (exact) mass is 328 g/mol. The lowest BCUT2D eigenvalue weighted by Crippen LogP contribution is -2.28. The molecular formula is C10H14F2N2O4S2. The third-order valence-electron chi connectivity index (χ3n) is 2.27. The van der Waals surface area contributed by atoms with E-state index in [9.17, 15) is 25.6 Å². The van der Waals surface area contributed by atoms with Gasteiger partial charge in [-0.3, -0.25) is 0 Å². The van der Waals surface area contributed by atoms with Gasteiger partial charge in [-0.15, -0.1) is 0 Å². The van der Waals surface area contributed by atoms with Gasteiger partial charge in [0.25, 0.3) is 0 Å². The molecule has 0 atom stereocenters. The molecule has 0 bridgehead atoms. The lowest BCUT2D eigenvalue weighted by Gasteiger charge is -2.09. The van der Waals surface area contributed by atoms with Gasteiger partial charge in [-0.25, -0.2) is 30.3 Å². The first-order chi connectivity index (χ1) is 9.03. The van der Waals surface area contributed by atoms with Crippen molar-refractivity contribution >= 4 is 25.5 Å². The van der Waals surface area contributed by atoms with E-state index < -0.39 is 36.4 Å². The Morgan fingerprint density at radius 1 is 1.15 bits per heavy atom. The first-order valence-corrected chi connectivity index (χ1v) is 8.99. The summed E-state index contributed by atoms with van der Waals surface area (Å²) in [6, 6.07) is 1.38. The van der Waals surface area contributed by atoms with Crippen molar-refractivity contribution in [1.29, 1.82) is 0 Å². The van der Waals surface area contributed by atoms with E-state index in [0.717, 1.165) is 6.26 Å². The van der Waals surface area contributed by atoms with Crippen LogP contribution in [0.25, 0.3) is 0 Å². The Kier molecular flexibility index (Phi) is 5.05. The minimum atomic E-state index is -4.41. The molecule has 114 valence electrons. The Bertz CT molecular complexity index is 679. The summed E-state index contributed by atoms with van der Waals surface area (Å²) in [7, 11) is -7.63. The Morgan fingerprint density at radius 3 is 2.10 bits per heavy atom. The van der Waals surface area contributed by atoms with Crippen LogP contribution in [0.3, 0.4) is 0 Å². The normalized spacial score (nSPS) is 12.6. The van der Waals surface area contributed by atoms with Crippen molar-refractivity contribution in [2.45, 2.75) is 11.3 Å². The Morgan fingerprint density at radius 2 is 1.65 bits per heavy atom. The van der Waals surface area contributed by atoms with Gasteiger partial charge in [0.1, 0.15) is 21.5 Å². The molecule has 3 N–H and O–H groups in total. The third-order valence-corrected chi connectivity index (χ3v) is 4.82. The van der Waals surface area contributed by atoms with Crippen LogP contribution in [-0.2, 0) is 19.9 Å². The number of hydrogen-bond donors (Lipinski definition) is 2. The number of nitrogens with one attached hydrogen (secondary N) is 1. The molecule has 1 rings (SSSR count). The molecule has 6 nitrogen and oxygen atoms in total. The first kappa shape index (κ1) is 16.8. The summed E-state index contributed by atoms with van der Waals surface area (Å²) in [6.45, 7) is -0.251. The van der Waals surface area contributed by atoms with Crippen LogP contribution in [0.2, 0.25) is 0 Å². The lowest BCUT2D eigenvalue weighted by molar-refractivity contribution is 0.514. The van der Waals surface area contributed by atoms with Crippen LogP contribution in [0.1, 0.15) is 6.42 Å². The van der Waals surface area contributed by atoms with Crippen molar-refractivity contribution in [3.05, 3.63) is 23.8 Å². The van der Waals surface area contributed by atoms with Crippen LogP contribution in [0.5, 0.6) is 0 Å². The highest BCUT2D eigenvalue weighted by Gasteiger charge is 2.24. The molecule has 0 fully saturated rings. The fraction of sp³-hybridized carbons (Fsp3) is 0.400. The number of nitrogen functional groups attached to an aromatic ring is 1. The number of nitrogens with two attached hydrogens (primary N) is 1. The largest absolute Gasteiger partial charge is 0.399 e. The van der Waals surface area contributed by atoms with Crippen molar-refractivity contribution in [1.82, 2.24) is 4.72 Å². The molecule has 0 aliphatic carbocycles. The van der Waals surface area contributed by atoms with Gasteiger partial charge in [-0.1, -0.05) is 0 Å². The summed E-state index contributed by atoms with van der Waals surface area (Å²) >= 11 is 0.